The number of alkyl carbamates (subject to hydrolysis) is 1. The molecule has 0 spiro atoms. The van der Waals surface area contributed by atoms with Gasteiger partial charge in [0, 0.05) is 6.04 Å². The summed E-state index contributed by atoms with van der Waals surface area (Å²) in [6, 6.07) is -0.266. The summed E-state index contributed by atoms with van der Waals surface area (Å²) in [5, 5.41) is 5.48. The minimum Gasteiger partial charge on any atom is -0.450 e. The lowest BCUT2D eigenvalue weighted by Gasteiger charge is -2.17. The van der Waals surface area contributed by atoms with Gasteiger partial charge >= 0.3 is 6.09 Å². The molecule has 1 rings (SSSR count). The number of ether oxygens (including phenoxy) is 1. The van der Waals surface area contributed by atoms with Gasteiger partial charge in [0.05, 0.1) is 6.61 Å². The Labute approximate surface area is 109 Å². The number of nitrogens with one attached hydrogen (secondary N) is 2. The second-order valence-electron chi connectivity index (χ2n) is 4.85. The molecule has 5 nitrogen and oxygen atoms in total. The summed E-state index contributed by atoms with van der Waals surface area (Å²) < 4.78 is 4.94. The summed E-state index contributed by atoms with van der Waals surface area (Å²) in [6.07, 6.45) is 5.73. The second-order valence-corrected chi connectivity index (χ2v) is 4.85. The Balaban J connectivity index is 2.19. The highest BCUT2D eigenvalue weighted by molar-refractivity contribution is 5.85. The van der Waals surface area contributed by atoms with Gasteiger partial charge in [0.15, 0.2) is 0 Å². The molecule has 0 aromatic carbocycles. The maximum Gasteiger partial charge on any atom is 0.407 e. The summed E-state index contributed by atoms with van der Waals surface area (Å²) in [5.74, 6) is -0.130. The molecule has 0 aliphatic heterocycles. The van der Waals surface area contributed by atoms with Gasteiger partial charge in [0.2, 0.25) is 5.91 Å². The maximum atomic E-state index is 11.8. The van der Waals surface area contributed by atoms with Crippen molar-refractivity contribution in [2.75, 3.05) is 6.61 Å². The largest absolute Gasteiger partial charge is 0.450 e. The van der Waals surface area contributed by atoms with E-state index in [-0.39, 0.29) is 11.9 Å². The van der Waals surface area contributed by atoms with E-state index in [0.717, 1.165) is 25.7 Å². The third-order valence-corrected chi connectivity index (χ3v) is 3.16. The summed E-state index contributed by atoms with van der Waals surface area (Å²) in [4.78, 5) is 23.1. The van der Waals surface area contributed by atoms with E-state index in [1.54, 1.807) is 6.92 Å². The SMILES string of the molecule is CCCCOC(=O)NC(C)C(=O)NC1CCCC1. The molecule has 1 unspecified atom stereocenters. The molecule has 0 bridgehead atoms. The van der Waals surface area contributed by atoms with Crippen molar-refractivity contribution < 1.29 is 14.3 Å². The van der Waals surface area contributed by atoms with E-state index in [0.29, 0.717) is 6.61 Å². The van der Waals surface area contributed by atoms with Crippen molar-refractivity contribution in [3.05, 3.63) is 0 Å². The van der Waals surface area contributed by atoms with Gasteiger partial charge in [-0.1, -0.05) is 26.2 Å². The van der Waals surface area contributed by atoms with E-state index in [9.17, 15) is 9.59 Å². The predicted molar refractivity (Wildman–Crippen MR) is 69.3 cm³/mol. The van der Waals surface area contributed by atoms with E-state index < -0.39 is 12.1 Å². The van der Waals surface area contributed by atoms with Crippen molar-refractivity contribution in [2.45, 2.75) is 64.5 Å². The molecule has 1 aliphatic rings. The lowest BCUT2D eigenvalue weighted by Crippen LogP contribution is -2.47. The molecule has 0 saturated heterocycles. The molecule has 1 saturated carbocycles. The van der Waals surface area contributed by atoms with Gasteiger partial charge in [-0.05, 0) is 26.2 Å². The molecular weight excluding hydrogens is 232 g/mol. The first-order chi connectivity index (χ1) is 8.63. The van der Waals surface area contributed by atoms with Crippen LogP contribution in [0, 0.1) is 0 Å². The minimum absolute atomic E-state index is 0.130. The molecule has 18 heavy (non-hydrogen) atoms. The van der Waals surface area contributed by atoms with Crippen LogP contribution < -0.4 is 10.6 Å². The zero-order chi connectivity index (χ0) is 13.4. The average molecular weight is 256 g/mol. The number of hydrogen-bond acceptors (Lipinski definition) is 3. The quantitative estimate of drug-likeness (QED) is 0.714. The Morgan fingerprint density at radius 1 is 1.33 bits per heavy atom. The monoisotopic (exact) mass is 256 g/mol. The van der Waals surface area contributed by atoms with Crippen LogP contribution in [0.15, 0.2) is 0 Å². The van der Waals surface area contributed by atoms with E-state index in [4.69, 9.17) is 4.74 Å². The standard InChI is InChI=1S/C13H24N2O3/c1-3-4-9-18-13(17)14-10(2)12(16)15-11-7-5-6-8-11/h10-11H,3-9H2,1-2H3,(H,14,17)(H,15,16). The van der Waals surface area contributed by atoms with Gasteiger partial charge in [-0.3, -0.25) is 4.79 Å². The molecular formula is C13H24N2O3. The van der Waals surface area contributed by atoms with Crippen LogP contribution in [0.1, 0.15) is 52.4 Å². The second kappa shape index (κ2) is 7.95. The number of carbonyl (C=O) groups excluding carboxylic acids is 2. The lowest BCUT2D eigenvalue weighted by molar-refractivity contribution is -0.123. The first-order valence-electron chi connectivity index (χ1n) is 6.87. The third kappa shape index (κ3) is 5.38. The molecule has 2 amide bonds. The van der Waals surface area contributed by atoms with Crippen LogP contribution in [0.25, 0.3) is 0 Å². The lowest BCUT2D eigenvalue weighted by atomic mass is 10.2. The fourth-order valence-electron chi connectivity index (χ4n) is 1.99. The van der Waals surface area contributed by atoms with Crippen LogP contribution in [-0.4, -0.2) is 30.7 Å². The molecule has 1 fully saturated rings. The summed E-state index contributed by atoms with van der Waals surface area (Å²) in [5.41, 5.74) is 0. The van der Waals surface area contributed by atoms with Crippen molar-refractivity contribution >= 4 is 12.0 Å². The van der Waals surface area contributed by atoms with Gasteiger partial charge in [0.1, 0.15) is 6.04 Å². The Morgan fingerprint density at radius 2 is 2.00 bits per heavy atom. The van der Waals surface area contributed by atoms with E-state index in [1.165, 1.54) is 12.8 Å². The summed E-state index contributed by atoms with van der Waals surface area (Å²) >= 11 is 0. The number of hydrogen-bond donors (Lipinski definition) is 2. The highest BCUT2D eigenvalue weighted by Crippen LogP contribution is 2.17. The Kier molecular flexibility index (Phi) is 6.54. The molecule has 0 heterocycles. The van der Waals surface area contributed by atoms with E-state index >= 15 is 0 Å². The van der Waals surface area contributed by atoms with Crippen LogP contribution in [-0.2, 0) is 9.53 Å². The Hall–Kier alpha value is -1.26. The van der Waals surface area contributed by atoms with E-state index in [1.807, 2.05) is 6.92 Å². The molecule has 104 valence electrons. The van der Waals surface area contributed by atoms with Crippen LogP contribution in [0.5, 0.6) is 0 Å². The topological polar surface area (TPSA) is 67.4 Å². The Bertz CT molecular complexity index is 275. The van der Waals surface area contributed by atoms with Crippen molar-refractivity contribution in [1.82, 2.24) is 10.6 Å². The van der Waals surface area contributed by atoms with Gasteiger partial charge in [0.25, 0.3) is 0 Å². The molecule has 2 N–H and O–H groups in total. The number of unbranched alkanes of at least 4 members (excludes halogenated alkanes) is 1. The molecule has 5 heteroatoms. The minimum atomic E-state index is -0.542. The number of carbonyl (C=O) groups is 2. The van der Waals surface area contributed by atoms with Crippen molar-refractivity contribution in [2.24, 2.45) is 0 Å². The third-order valence-electron chi connectivity index (χ3n) is 3.16. The van der Waals surface area contributed by atoms with Gasteiger partial charge in [-0.2, -0.15) is 0 Å². The molecule has 0 radical (unpaired) electrons. The van der Waals surface area contributed by atoms with Crippen molar-refractivity contribution in [3.63, 3.8) is 0 Å². The highest BCUT2D eigenvalue weighted by Gasteiger charge is 2.21. The first-order valence-corrected chi connectivity index (χ1v) is 6.87. The smallest absolute Gasteiger partial charge is 0.407 e. The van der Waals surface area contributed by atoms with Crippen LogP contribution in [0.3, 0.4) is 0 Å². The fourth-order valence-corrected chi connectivity index (χ4v) is 1.99. The molecule has 1 atom stereocenters. The summed E-state index contributed by atoms with van der Waals surface area (Å²) in [6.45, 7) is 4.10. The summed E-state index contributed by atoms with van der Waals surface area (Å²) in [7, 11) is 0. The normalized spacial score (nSPS) is 17.2. The van der Waals surface area contributed by atoms with Crippen LogP contribution >= 0.6 is 0 Å². The zero-order valence-corrected chi connectivity index (χ0v) is 11.3. The maximum absolute atomic E-state index is 11.8. The van der Waals surface area contributed by atoms with Crippen molar-refractivity contribution in [3.8, 4) is 0 Å². The zero-order valence-electron chi connectivity index (χ0n) is 11.3. The van der Waals surface area contributed by atoms with Crippen LogP contribution in [0.2, 0.25) is 0 Å². The highest BCUT2D eigenvalue weighted by atomic mass is 16.5. The molecule has 1 aliphatic carbocycles. The Morgan fingerprint density at radius 3 is 2.61 bits per heavy atom. The number of amides is 2. The average Bonchev–Trinajstić information content (AvgIpc) is 2.82. The predicted octanol–water partition coefficient (Wildman–Crippen LogP) is 1.96. The van der Waals surface area contributed by atoms with Crippen molar-refractivity contribution in [1.29, 1.82) is 0 Å². The van der Waals surface area contributed by atoms with Gasteiger partial charge in [-0.15, -0.1) is 0 Å². The van der Waals surface area contributed by atoms with E-state index in [2.05, 4.69) is 10.6 Å². The number of rotatable bonds is 6. The molecule has 0 aromatic heterocycles. The molecule has 0 aromatic rings. The van der Waals surface area contributed by atoms with Gasteiger partial charge in [-0.25, -0.2) is 4.79 Å². The van der Waals surface area contributed by atoms with Crippen LogP contribution in [0.4, 0.5) is 4.79 Å². The fraction of sp³-hybridized carbons (Fsp3) is 0.846. The van der Waals surface area contributed by atoms with Gasteiger partial charge < -0.3 is 15.4 Å². The first kappa shape index (κ1) is 14.8.